The Kier molecular flexibility index (Phi) is 4.38. The molecule has 1 saturated carbocycles. The Hall–Kier alpha value is -1.56. The number of urea groups is 1. The molecule has 0 aromatic carbocycles. The summed E-state index contributed by atoms with van der Waals surface area (Å²) < 4.78 is 1.78. The molecule has 2 amide bonds. The van der Waals surface area contributed by atoms with Crippen LogP contribution < -0.4 is 10.6 Å². The largest absolute Gasteiger partial charge is 0.335 e. The van der Waals surface area contributed by atoms with Crippen LogP contribution in [0.2, 0.25) is 0 Å². The Bertz CT molecular complexity index is 520. The SMILES string of the molecule is CCCN(Cc1cnn(C)c1)C(=O)NC1CC12CCNCC2. The van der Waals surface area contributed by atoms with Crippen LogP contribution in [0.25, 0.3) is 0 Å². The predicted octanol–water partition coefficient (Wildman–Crippen LogP) is 1.48. The second kappa shape index (κ2) is 6.28. The van der Waals surface area contributed by atoms with Crippen LogP contribution >= 0.6 is 0 Å². The number of piperidine rings is 1. The van der Waals surface area contributed by atoms with Crippen molar-refractivity contribution < 1.29 is 4.79 Å². The molecule has 2 heterocycles. The highest BCUT2D eigenvalue weighted by molar-refractivity contribution is 5.75. The van der Waals surface area contributed by atoms with Crippen LogP contribution in [0.3, 0.4) is 0 Å². The van der Waals surface area contributed by atoms with Gasteiger partial charge in [0.25, 0.3) is 0 Å². The first-order valence-corrected chi connectivity index (χ1v) is 8.37. The van der Waals surface area contributed by atoms with E-state index in [1.807, 2.05) is 24.3 Å². The van der Waals surface area contributed by atoms with Gasteiger partial charge in [0.2, 0.25) is 0 Å². The molecule has 3 rings (SSSR count). The molecular formula is C16H27N5O. The minimum Gasteiger partial charge on any atom is -0.335 e. The van der Waals surface area contributed by atoms with Crippen molar-refractivity contribution >= 4 is 6.03 Å². The summed E-state index contributed by atoms with van der Waals surface area (Å²) in [6, 6.07) is 0.446. The average molecular weight is 305 g/mol. The number of nitrogens with zero attached hydrogens (tertiary/aromatic N) is 3. The van der Waals surface area contributed by atoms with Gasteiger partial charge >= 0.3 is 6.03 Å². The molecule has 6 heteroatoms. The maximum absolute atomic E-state index is 12.6. The van der Waals surface area contributed by atoms with E-state index < -0.39 is 0 Å². The minimum atomic E-state index is 0.0751. The molecule has 1 aromatic rings. The van der Waals surface area contributed by atoms with E-state index in [9.17, 15) is 4.79 Å². The highest BCUT2D eigenvalue weighted by Gasteiger charge is 2.54. The summed E-state index contributed by atoms with van der Waals surface area (Å²) in [5, 5.41) is 10.8. The first-order chi connectivity index (χ1) is 10.6. The van der Waals surface area contributed by atoms with Gasteiger partial charge in [-0.25, -0.2) is 4.79 Å². The zero-order valence-corrected chi connectivity index (χ0v) is 13.6. The van der Waals surface area contributed by atoms with Crippen molar-refractivity contribution in [3.05, 3.63) is 18.0 Å². The van der Waals surface area contributed by atoms with Crippen molar-refractivity contribution in [2.24, 2.45) is 12.5 Å². The van der Waals surface area contributed by atoms with Gasteiger partial charge in [-0.2, -0.15) is 5.10 Å². The zero-order chi connectivity index (χ0) is 15.6. The molecule has 2 fully saturated rings. The van der Waals surface area contributed by atoms with Crippen LogP contribution in [0, 0.1) is 5.41 Å². The second-order valence-corrected chi connectivity index (χ2v) is 6.76. The number of carbonyl (C=O) groups excluding carboxylic acids is 1. The lowest BCUT2D eigenvalue weighted by Gasteiger charge is -2.26. The maximum Gasteiger partial charge on any atom is 0.317 e. The number of nitrogens with one attached hydrogen (secondary N) is 2. The molecule has 0 radical (unpaired) electrons. The Morgan fingerprint density at radius 3 is 2.95 bits per heavy atom. The van der Waals surface area contributed by atoms with Gasteiger partial charge in [0.05, 0.1) is 12.7 Å². The zero-order valence-electron chi connectivity index (χ0n) is 13.6. The Morgan fingerprint density at radius 1 is 1.55 bits per heavy atom. The molecule has 1 aromatic heterocycles. The fourth-order valence-corrected chi connectivity index (χ4v) is 3.57. The lowest BCUT2D eigenvalue weighted by molar-refractivity contribution is 0.191. The number of amides is 2. The van der Waals surface area contributed by atoms with Crippen molar-refractivity contribution in [3.63, 3.8) is 0 Å². The van der Waals surface area contributed by atoms with E-state index in [1.165, 1.54) is 12.8 Å². The van der Waals surface area contributed by atoms with Gasteiger partial charge in [-0.05, 0) is 44.2 Å². The lowest BCUT2D eigenvalue weighted by atomic mass is 9.94. The van der Waals surface area contributed by atoms with Gasteiger partial charge in [0.15, 0.2) is 0 Å². The lowest BCUT2D eigenvalue weighted by Crippen LogP contribution is -2.43. The first kappa shape index (κ1) is 15.3. The third-order valence-corrected chi connectivity index (χ3v) is 5.00. The molecule has 122 valence electrons. The standard InChI is InChI=1S/C16H27N5O/c1-3-8-21(12-13-10-18-20(2)11-13)15(22)19-14-9-16(14)4-6-17-7-5-16/h10-11,14,17H,3-9,12H2,1-2H3,(H,19,22). The Labute approximate surface area is 132 Å². The summed E-state index contributed by atoms with van der Waals surface area (Å²) in [4.78, 5) is 14.5. The van der Waals surface area contributed by atoms with E-state index in [0.29, 0.717) is 18.0 Å². The highest BCUT2D eigenvalue weighted by atomic mass is 16.2. The molecular weight excluding hydrogens is 278 g/mol. The van der Waals surface area contributed by atoms with Crippen LogP contribution in [-0.2, 0) is 13.6 Å². The van der Waals surface area contributed by atoms with Crippen molar-refractivity contribution in [3.8, 4) is 0 Å². The van der Waals surface area contributed by atoms with E-state index in [1.54, 1.807) is 4.68 Å². The van der Waals surface area contributed by atoms with E-state index in [2.05, 4.69) is 22.7 Å². The minimum absolute atomic E-state index is 0.0751. The summed E-state index contributed by atoms with van der Waals surface area (Å²) in [5.41, 5.74) is 1.46. The fourth-order valence-electron chi connectivity index (χ4n) is 3.57. The Balaban J connectivity index is 1.56. The highest BCUT2D eigenvalue weighted by Crippen LogP contribution is 2.52. The van der Waals surface area contributed by atoms with Gasteiger partial charge < -0.3 is 15.5 Å². The van der Waals surface area contributed by atoms with Crippen LogP contribution in [0.5, 0.6) is 0 Å². The van der Waals surface area contributed by atoms with Crippen LogP contribution in [0.1, 0.15) is 38.2 Å². The van der Waals surface area contributed by atoms with Gasteiger partial charge in [-0.1, -0.05) is 6.92 Å². The molecule has 2 aliphatic rings. The first-order valence-electron chi connectivity index (χ1n) is 8.37. The van der Waals surface area contributed by atoms with Crippen molar-refractivity contribution in [2.45, 2.75) is 45.2 Å². The average Bonchev–Trinajstić information content (AvgIpc) is 2.96. The Morgan fingerprint density at radius 2 is 2.32 bits per heavy atom. The van der Waals surface area contributed by atoms with Crippen molar-refractivity contribution in [1.29, 1.82) is 0 Å². The molecule has 0 bridgehead atoms. The number of carbonyl (C=O) groups is 1. The summed E-state index contributed by atoms with van der Waals surface area (Å²) in [7, 11) is 1.90. The molecule has 1 spiro atoms. The number of hydrogen-bond acceptors (Lipinski definition) is 3. The summed E-state index contributed by atoms with van der Waals surface area (Å²) >= 11 is 0. The monoisotopic (exact) mass is 305 g/mol. The summed E-state index contributed by atoms with van der Waals surface area (Å²) in [6.07, 6.45) is 8.30. The van der Waals surface area contributed by atoms with Gasteiger partial charge in [0.1, 0.15) is 0 Å². The van der Waals surface area contributed by atoms with E-state index in [0.717, 1.165) is 38.0 Å². The van der Waals surface area contributed by atoms with Crippen molar-refractivity contribution in [2.75, 3.05) is 19.6 Å². The molecule has 22 heavy (non-hydrogen) atoms. The predicted molar refractivity (Wildman–Crippen MR) is 85.4 cm³/mol. The van der Waals surface area contributed by atoms with Crippen LogP contribution in [0.15, 0.2) is 12.4 Å². The second-order valence-electron chi connectivity index (χ2n) is 6.76. The van der Waals surface area contributed by atoms with Gasteiger partial charge in [-0.15, -0.1) is 0 Å². The topological polar surface area (TPSA) is 62.2 Å². The quantitative estimate of drug-likeness (QED) is 0.866. The van der Waals surface area contributed by atoms with Crippen LogP contribution in [-0.4, -0.2) is 46.4 Å². The van der Waals surface area contributed by atoms with E-state index >= 15 is 0 Å². The summed E-state index contributed by atoms with van der Waals surface area (Å²) in [5.74, 6) is 0. The normalized spacial score (nSPS) is 22.5. The van der Waals surface area contributed by atoms with E-state index in [4.69, 9.17) is 0 Å². The smallest absolute Gasteiger partial charge is 0.317 e. The van der Waals surface area contributed by atoms with Gasteiger partial charge in [-0.3, -0.25) is 4.68 Å². The number of aryl methyl sites for hydroxylation is 1. The molecule has 1 atom stereocenters. The molecule has 1 aliphatic heterocycles. The van der Waals surface area contributed by atoms with E-state index in [-0.39, 0.29) is 6.03 Å². The van der Waals surface area contributed by atoms with Crippen molar-refractivity contribution in [1.82, 2.24) is 25.3 Å². The third-order valence-electron chi connectivity index (χ3n) is 5.00. The number of hydrogen-bond donors (Lipinski definition) is 2. The van der Waals surface area contributed by atoms with Gasteiger partial charge in [0, 0.05) is 31.4 Å². The number of rotatable bonds is 5. The summed E-state index contributed by atoms with van der Waals surface area (Å²) in [6.45, 7) is 5.69. The molecule has 1 aliphatic carbocycles. The molecule has 2 N–H and O–H groups in total. The number of aromatic nitrogens is 2. The third kappa shape index (κ3) is 3.27. The molecule has 6 nitrogen and oxygen atoms in total. The molecule has 1 unspecified atom stereocenters. The molecule has 1 saturated heterocycles. The van der Waals surface area contributed by atoms with Crippen LogP contribution in [0.4, 0.5) is 4.79 Å². The maximum atomic E-state index is 12.6. The fraction of sp³-hybridized carbons (Fsp3) is 0.750.